The number of rotatable bonds is 4. The molecule has 0 unspecified atom stereocenters. The maximum atomic E-state index is 13.1. The molecule has 1 atom stereocenters. The number of hydrogen-bond donors (Lipinski definition) is 0. The van der Waals surface area contributed by atoms with Gasteiger partial charge in [-0.25, -0.2) is 9.78 Å². The van der Waals surface area contributed by atoms with Crippen LogP contribution >= 0.6 is 0 Å². The Hall–Kier alpha value is -2.83. The fourth-order valence-corrected chi connectivity index (χ4v) is 3.24. The van der Waals surface area contributed by atoms with Crippen LogP contribution in [0.5, 0.6) is 5.75 Å². The van der Waals surface area contributed by atoms with E-state index in [0.717, 1.165) is 11.4 Å². The summed E-state index contributed by atoms with van der Waals surface area (Å²) in [6.07, 6.45) is 2.12. The largest absolute Gasteiger partial charge is 0.497 e. The highest BCUT2D eigenvalue weighted by molar-refractivity contribution is 5.97. The Labute approximate surface area is 152 Å². The average Bonchev–Trinajstić information content (AvgIpc) is 3.09. The van der Waals surface area contributed by atoms with Gasteiger partial charge in [-0.3, -0.25) is 4.79 Å². The van der Waals surface area contributed by atoms with Crippen molar-refractivity contribution in [1.29, 1.82) is 0 Å². The van der Waals surface area contributed by atoms with E-state index in [1.807, 2.05) is 4.57 Å². The molecular formula is C19H23N3O4. The van der Waals surface area contributed by atoms with Gasteiger partial charge in [0.05, 0.1) is 38.5 Å². The van der Waals surface area contributed by atoms with Gasteiger partial charge in [-0.15, -0.1) is 0 Å². The number of esters is 1. The second-order valence-corrected chi connectivity index (χ2v) is 6.54. The summed E-state index contributed by atoms with van der Waals surface area (Å²) in [7, 11) is 2.91. The van der Waals surface area contributed by atoms with Crippen LogP contribution in [0.4, 0.5) is 0 Å². The molecule has 0 bridgehead atoms. The molecular weight excluding hydrogens is 334 g/mol. The van der Waals surface area contributed by atoms with Gasteiger partial charge in [0.1, 0.15) is 11.8 Å². The van der Waals surface area contributed by atoms with E-state index in [1.165, 1.54) is 7.11 Å². The first kappa shape index (κ1) is 18.0. The van der Waals surface area contributed by atoms with E-state index in [4.69, 9.17) is 9.47 Å². The predicted molar refractivity (Wildman–Crippen MR) is 95.0 cm³/mol. The molecule has 0 radical (unpaired) electrons. The maximum Gasteiger partial charge on any atom is 0.329 e. The van der Waals surface area contributed by atoms with Crippen molar-refractivity contribution in [3.63, 3.8) is 0 Å². The van der Waals surface area contributed by atoms with Crippen LogP contribution in [0.25, 0.3) is 0 Å². The first-order chi connectivity index (χ1) is 12.5. The van der Waals surface area contributed by atoms with Gasteiger partial charge in [-0.05, 0) is 38.1 Å². The molecule has 0 saturated carbocycles. The summed E-state index contributed by atoms with van der Waals surface area (Å²) in [6.45, 7) is 4.44. The lowest BCUT2D eigenvalue weighted by Crippen LogP contribution is -2.49. The zero-order valence-corrected chi connectivity index (χ0v) is 15.4. The summed E-state index contributed by atoms with van der Waals surface area (Å²) >= 11 is 0. The van der Waals surface area contributed by atoms with Gasteiger partial charge < -0.3 is 18.9 Å². The Morgan fingerprint density at radius 1 is 1.19 bits per heavy atom. The van der Waals surface area contributed by atoms with Crippen molar-refractivity contribution < 1.29 is 19.1 Å². The van der Waals surface area contributed by atoms with Gasteiger partial charge in [-0.2, -0.15) is 0 Å². The van der Waals surface area contributed by atoms with Gasteiger partial charge in [0, 0.05) is 18.0 Å². The van der Waals surface area contributed by atoms with Gasteiger partial charge in [0.2, 0.25) is 0 Å². The highest BCUT2D eigenvalue weighted by Gasteiger charge is 2.38. The van der Waals surface area contributed by atoms with Gasteiger partial charge in [-0.1, -0.05) is 0 Å². The molecule has 0 saturated heterocycles. The third-order valence-electron chi connectivity index (χ3n) is 4.69. The molecule has 3 rings (SSSR count). The summed E-state index contributed by atoms with van der Waals surface area (Å²) in [4.78, 5) is 31.4. The smallest absolute Gasteiger partial charge is 0.329 e. The quantitative estimate of drug-likeness (QED) is 0.785. The highest BCUT2D eigenvalue weighted by Crippen LogP contribution is 2.27. The summed E-state index contributed by atoms with van der Waals surface area (Å²) in [5.41, 5.74) is 2.30. The molecule has 0 aliphatic carbocycles. The van der Waals surface area contributed by atoms with Crippen LogP contribution in [0.15, 0.2) is 30.6 Å². The molecule has 1 aromatic carbocycles. The van der Waals surface area contributed by atoms with E-state index in [2.05, 4.69) is 18.8 Å². The Morgan fingerprint density at radius 2 is 1.88 bits per heavy atom. The number of amides is 1. The van der Waals surface area contributed by atoms with Crippen LogP contribution in [-0.4, -0.2) is 46.6 Å². The Balaban J connectivity index is 1.96. The normalized spacial score (nSPS) is 16.3. The summed E-state index contributed by atoms with van der Waals surface area (Å²) < 4.78 is 12.1. The third kappa shape index (κ3) is 3.16. The van der Waals surface area contributed by atoms with E-state index < -0.39 is 12.0 Å². The number of benzene rings is 1. The molecule has 1 aliphatic heterocycles. The molecule has 1 aliphatic rings. The molecule has 0 N–H and O–H groups in total. The summed E-state index contributed by atoms with van der Waals surface area (Å²) in [6, 6.07) is 6.40. The number of methoxy groups -OCH3 is 2. The molecule has 0 fully saturated rings. The van der Waals surface area contributed by atoms with Crippen molar-refractivity contribution in [3.8, 4) is 5.75 Å². The molecule has 1 aromatic heterocycles. The molecule has 7 heteroatoms. The number of ether oxygens (including phenoxy) is 2. The SMILES string of the molecule is COC(=O)[C@@H]1Cc2ncn(C(C)C)c2CN1C(=O)c1ccc(OC)cc1. The van der Waals surface area contributed by atoms with Crippen molar-refractivity contribution in [2.45, 2.75) is 38.9 Å². The maximum absolute atomic E-state index is 13.1. The number of fused-ring (bicyclic) bond motifs is 1. The van der Waals surface area contributed by atoms with Crippen LogP contribution in [0.3, 0.4) is 0 Å². The van der Waals surface area contributed by atoms with Crippen LogP contribution in [-0.2, 0) is 22.5 Å². The molecule has 138 valence electrons. The minimum Gasteiger partial charge on any atom is -0.497 e. The molecule has 0 spiro atoms. The summed E-state index contributed by atoms with van der Waals surface area (Å²) in [5, 5.41) is 0. The van der Waals surface area contributed by atoms with E-state index >= 15 is 0 Å². The van der Waals surface area contributed by atoms with Crippen molar-refractivity contribution in [2.24, 2.45) is 0 Å². The number of carbonyl (C=O) groups is 2. The monoisotopic (exact) mass is 357 g/mol. The molecule has 1 amide bonds. The number of aromatic nitrogens is 2. The van der Waals surface area contributed by atoms with Gasteiger partial charge in [0.15, 0.2) is 0 Å². The fourth-order valence-electron chi connectivity index (χ4n) is 3.24. The van der Waals surface area contributed by atoms with E-state index in [-0.39, 0.29) is 11.9 Å². The minimum absolute atomic E-state index is 0.217. The molecule has 2 aromatic rings. The van der Waals surface area contributed by atoms with Gasteiger partial charge >= 0.3 is 5.97 Å². The lowest BCUT2D eigenvalue weighted by atomic mass is 10.0. The van der Waals surface area contributed by atoms with Crippen LogP contribution in [0.2, 0.25) is 0 Å². The van der Waals surface area contributed by atoms with E-state index in [9.17, 15) is 9.59 Å². The predicted octanol–water partition coefficient (Wildman–Crippen LogP) is 2.21. The van der Waals surface area contributed by atoms with Crippen LogP contribution in [0, 0.1) is 0 Å². The Kier molecular flexibility index (Phi) is 4.97. The Morgan fingerprint density at radius 3 is 2.46 bits per heavy atom. The fraction of sp³-hybridized carbons (Fsp3) is 0.421. The lowest BCUT2D eigenvalue weighted by Gasteiger charge is -2.34. The zero-order valence-electron chi connectivity index (χ0n) is 15.4. The van der Waals surface area contributed by atoms with Crippen molar-refractivity contribution in [1.82, 2.24) is 14.5 Å². The van der Waals surface area contributed by atoms with Gasteiger partial charge in [0.25, 0.3) is 5.91 Å². The number of carbonyl (C=O) groups excluding carboxylic acids is 2. The number of hydrogen-bond acceptors (Lipinski definition) is 5. The first-order valence-electron chi connectivity index (χ1n) is 8.53. The molecule has 7 nitrogen and oxygen atoms in total. The second-order valence-electron chi connectivity index (χ2n) is 6.54. The highest BCUT2D eigenvalue weighted by atomic mass is 16.5. The molecule has 26 heavy (non-hydrogen) atoms. The van der Waals surface area contributed by atoms with E-state index in [1.54, 1.807) is 42.6 Å². The number of imidazole rings is 1. The Bertz CT molecular complexity index is 811. The number of nitrogens with zero attached hydrogens (tertiary/aromatic N) is 3. The van der Waals surface area contributed by atoms with Crippen molar-refractivity contribution in [3.05, 3.63) is 47.5 Å². The topological polar surface area (TPSA) is 73.7 Å². The lowest BCUT2D eigenvalue weighted by molar-refractivity contribution is -0.146. The first-order valence-corrected chi connectivity index (χ1v) is 8.53. The minimum atomic E-state index is -0.683. The molecule has 2 heterocycles. The van der Waals surface area contributed by atoms with Crippen molar-refractivity contribution in [2.75, 3.05) is 14.2 Å². The van der Waals surface area contributed by atoms with E-state index in [0.29, 0.717) is 24.3 Å². The summed E-state index contributed by atoms with van der Waals surface area (Å²) in [5.74, 6) is 0.0201. The standard InChI is InChI=1S/C19H23N3O4/c1-12(2)22-11-20-15-9-16(19(24)26-4)21(10-17(15)22)18(23)13-5-7-14(25-3)8-6-13/h5-8,11-12,16H,9-10H2,1-4H3/t16-/m0/s1. The zero-order chi connectivity index (χ0) is 18.8. The third-order valence-corrected chi connectivity index (χ3v) is 4.69. The van der Waals surface area contributed by atoms with Crippen LogP contribution < -0.4 is 4.74 Å². The average molecular weight is 357 g/mol. The second kappa shape index (κ2) is 7.19. The van der Waals surface area contributed by atoms with Crippen LogP contribution in [0.1, 0.15) is 41.6 Å². The van der Waals surface area contributed by atoms with Crippen molar-refractivity contribution >= 4 is 11.9 Å².